The number of hydrogen-bond donors (Lipinski definition) is 0. The zero-order chi connectivity index (χ0) is 15.4. The molecule has 1 saturated heterocycles. The predicted octanol–water partition coefficient (Wildman–Crippen LogP) is 3.00. The van der Waals surface area contributed by atoms with Crippen molar-refractivity contribution in [1.82, 2.24) is 14.5 Å². The van der Waals surface area contributed by atoms with Crippen molar-refractivity contribution in [3.05, 3.63) is 48.5 Å². The Labute approximate surface area is 133 Å². The minimum absolute atomic E-state index is 0.542. The maximum atomic E-state index is 4.55. The number of aromatic nitrogens is 2. The Morgan fingerprint density at radius 2 is 2.00 bits per heavy atom. The fraction of sp³-hybridized carbons (Fsp3) is 0.500. The van der Waals surface area contributed by atoms with Crippen molar-refractivity contribution in [2.45, 2.75) is 39.4 Å². The molecule has 1 fully saturated rings. The lowest BCUT2D eigenvalue weighted by Gasteiger charge is -2.40. The van der Waals surface area contributed by atoms with Gasteiger partial charge >= 0.3 is 0 Å². The van der Waals surface area contributed by atoms with Crippen molar-refractivity contribution in [3.8, 4) is 0 Å². The summed E-state index contributed by atoms with van der Waals surface area (Å²) in [4.78, 5) is 9.58. The van der Waals surface area contributed by atoms with E-state index in [-0.39, 0.29) is 0 Å². The molecule has 118 valence electrons. The lowest BCUT2D eigenvalue weighted by Crippen LogP contribution is -2.51. The fourth-order valence-electron chi connectivity index (χ4n) is 3.22. The molecule has 0 spiro atoms. The first-order valence-corrected chi connectivity index (χ1v) is 8.32. The van der Waals surface area contributed by atoms with Gasteiger partial charge in [-0.2, -0.15) is 0 Å². The van der Waals surface area contributed by atoms with Gasteiger partial charge < -0.3 is 9.47 Å². The Balaban J connectivity index is 1.62. The summed E-state index contributed by atoms with van der Waals surface area (Å²) in [5, 5.41) is 0. The van der Waals surface area contributed by atoms with Gasteiger partial charge in [-0.25, -0.2) is 4.98 Å². The molecule has 22 heavy (non-hydrogen) atoms. The van der Waals surface area contributed by atoms with Crippen LogP contribution < -0.4 is 4.90 Å². The molecule has 4 nitrogen and oxygen atoms in total. The Morgan fingerprint density at radius 1 is 1.18 bits per heavy atom. The highest BCUT2D eigenvalue weighted by Gasteiger charge is 2.24. The SMILES string of the molecule is CCCn1ccnc1CN1CCN(c2ccccc2)CC1C. The van der Waals surface area contributed by atoms with Crippen molar-refractivity contribution in [2.24, 2.45) is 0 Å². The molecular weight excluding hydrogens is 272 g/mol. The van der Waals surface area contributed by atoms with E-state index in [0.717, 1.165) is 39.1 Å². The molecule has 1 aromatic carbocycles. The third kappa shape index (κ3) is 3.33. The van der Waals surface area contributed by atoms with Crippen LogP contribution in [0.15, 0.2) is 42.7 Å². The third-order valence-corrected chi connectivity index (χ3v) is 4.50. The van der Waals surface area contributed by atoms with Gasteiger partial charge in [-0.05, 0) is 25.5 Å². The quantitative estimate of drug-likeness (QED) is 0.848. The molecular formula is C18H26N4. The minimum atomic E-state index is 0.542. The molecule has 2 heterocycles. The summed E-state index contributed by atoms with van der Waals surface area (Å²) in [6.45, 7) is 9.81. The van der Waals surface area contributed by atoms with Crippen LogP contribution in [0.2, 0.25) is 0 Å². The second-order valence-electron chi connectivity index (χ2n) is 6.14. The van der Waals surface area contributed by atoms with Gasteiger partial charge in [-0.3, -0.25) is 4.90 Å². The van der Waals surface area contributed by atoms with Gasteiger partial charge in [0.25, 0.3) is 0 Å². The second-order valence-corrected chi connectivity index (χ2v) is 6.14. The highest BCUT2D eigenvalue weighted by atomic mass is 15.3. The molecule has 4 heteroatoms. The maximum absolute atomic E-state index is 4.55. The number of benzene rings is 1. The van der Waals surface area contributed by atoms with E-state index in [4.69, 9.17) is 0 Å². The molecule has 0 saturated carbocycles. The fourth-order valence-corrected chi connectivity index (χ4v) is 3.22. The number of piperazine rings is 1. The molecule has 1 aliphatic rings. The average molecular weight is 298 g/mol. The van der Waals surface area contributed by atoms with Crippen molar-refractivity contribution in [2.75, 3.05) is 24.5 Å². The summed E-state index contributed by atoms with van der Waals surface area (Å²) in [6, 6.07) is 11.3. The molecule has 1 aromatic heterocycles. The van der Waals surface area contributed by atoms with Gasteiger partial charge in [0.15, 0.2) is 0 Å². The van der Waals surface area contributed by atoms with E-state index in [1.165, 1.54) is 11.5 Å². The summed E-state index contributed by atoms with van der Waals surface area (Å²) < 4.78 is 2.29. The number of nitrogens with zero attached hydrogens (tertiary/aromatic N) is 4. The zero-order valence-corrected chi connectivity index (χ0v) is 13.7. The normalized spacial score (nSPS) is 19.5. The van der Waals surface area contributed by atoms with Crippen LogP contribution in [0.3, 0.4) is 0 Å². The number of imidazole rings is 1. The highest BCUT2D eigenvalue weighted by Crippen LogP contribution is 2.20. The number of hydrogen-bond acceptors (Lipinski definition) is 3. The molecule has 0 amide bonds. The van der Waals surface area contributed by atoms with E-state index in [1.54, 1.807) is 0 Å². The van der Waals surface area contributed by atoms with Crippen molar-refractivity contribution >= 4 is 5.69 Å². The summed E-state index contributed by atoms with van der Waals surface area (Å²) in [5.41, 5.74) is 1.33. The van der Waals surface area contributed by atoms with Gasteiger partial charge in [0.2, 0.25) is 0 Å². The van der Waals surface area contributed by atoms with Crippen LogP contribution in [-0.4, -0.2) is 40.1 Å². The Kier molecular flexibility index (Phi) is 4.78. The van der Waals surface area contributed by atoms with Gasteiger partial charge in [0.05, 0.1) is 6.54 Å². The molecule has 0 radical (unpaired) electrons. The maximum Gasteiger partial charge on any atom is 0.122 e. The molecule has 0 aliphatic carbocycles. The number of rotatable bonds is 5. The molecule has 1 unspecified atom stereocenters. The standard InChI is InChI=1S/C18H26N4/c1-3-10-20-11-9-19-18(20)15-21-12-13-22(14-16(21)2)17-7-5-4-6-8-17/h4-9,11,16H,3,10,12-15H2,1-2H3. The molecule has 2 aromatic rings. The topological polar surface area (TPSA) is 24.3 Å². The van der Waals surface area contributed by atoms with Crippen molar-refractivity contribution < 1.29 is 0 Å². The first-order chi connectivity index (χ1) is 10.8. The number of para-hydroxylation sites is 1. The molecule has 1 atom stereocenters. The Morgan fingerprint density at radius 3 is 2.73 bits per heavy atom. The summed E-state index contributed by atoms with van der Waals surface area (Å²) in [7, 11) is 0. The molecule has 1 aliphatic heterocycles. The Bertz CT molecular complexity index is 578. The van der Waals surface area contributed by atoms with Crippen LogP contribution in [0, 0.1) is 0 Å². The van der Waals surface area contributed by atoms with E-state index >= 15 is 0 Å². The summed E-state index contributed by atoms with van der Waals surface area (Å²) in [5.74, 6) is 1.20. The van der Waals surface area contributed by atoms with Crippen LogP contribution in [0.4, 0.5) is 5.69 Å². The Hall–Kier alpha value is -1.81. The van der Waals surface area contributed by atoms with Crippen LogP contribution in [-0.2, 0) is 13.1 Å². The average Bonchev–Trinajstić information content (AvgIpc) is 2.98. The van der Waals surface area contributed by atoms with Crippen LogP contribution in [0.25, 0.3) is 0 Å². The predicted molar refractivity (Wildman–Crippen MR) is 91.0 cm³/mol. The largest absolute Gasteiger partial charge is 0.369 e. The van der Waals surface area contributed by atoms with E-state index in [2.05, 4.69) is 69.7 Å². The number of anilines is 1. The van der Waals surface area contributed by atoms with Gasteiger partial charge in [0.1, 0.15) is 5.82 Å². The summed E-state index contributed by atoms with van der Waals surface area (Å²) >= 11 is 0. The minimum Gasteiger partial charge on any atom is -0.369 e. The third-order valence-electron chi connectivity index (χ3n) is 4.50. The lowest BCUT2D eigenvalue weighted by molar-refractivity contribution is 0.174. The van der Waals surface area contributed by atoms with Crippen molar-refractivity contribution in [1.29, 1.82) is 0 Å². The van der Waals surface area contributed by atoms with Gasteiger partial charge in [-0.15, -0.1) is 0 Å². The van der Waals surface area contributed by atoms with Gasteiger partial charge in [0, 0.05) is 50.3 Å². The smallest absolute Gasteiger partial charge is 0.122 e. The highest BCUT2D eigenvalue weighted by molar-refractivity contribution is 5.46. The molecule has 0 N–H and O–H groups in total. The van der Waals surface area contributed by atoms with Crippen LogP contribution >= 0.6 is 0 Å². The van der Waals surface area contributed by atoms with E-state index < -0.39 is 0 Å². The van der Waals surface area contributed by atoms with E-state index in [1.807, 2.05) is 6.20 Å². The van der Waals surface area contributed by atoms with Crippen molar-refractivity contribution in [3.63, 3.8) is 0 Å². The van der Waals surface area contributed by atoms with E-state index in [0.29, 0.717) is 6.04 Å². The zero-order valence-electron chi connectivity index (χ0n) is 13.7. The monoisotopic (exact) mass is 298 g/mol. The van der Waals surface area contributed by atoms with Crippen LogP contribution in [0.5, 0.6) is 0 Å². The summed E-state index contributed by atoms with van der Waals surface area (Å²) in [6.07, 6.45) is 5.18. The first kappa shape index (κ1) is 15.1. The molecule has 3 rings (SSSR count). The van der Waals surface area contributed by atoms with Gasteiger partial charge in [-0.1, -0.05) is 25.1 Å². The van der Waals surface area contributed by atoms with E-state index in [9.17, 15) is 0 Å². The van der Waals surface area contributed by atoms with Crippen LogP contribution in [0.1, 0.15) is 26.1 Å². The lowest BCUT2D eigenvalue weighted by atomic mass is 10.1. The second kappa shape index (κ2) is 6.97. The first-order valence-electron chi connectivity index (χ1n) is 8.32. The molecule has 0 bridgehead atoms. The number of aryl methyl sites for hydroxylation is 1.